The number of ether oxygens (including phenoxy) is 2. The second-order valence-corrected chi connectivity index (χ2v) is 6.63. The van der Waals surface area contributed by atoms with Gasteiger partial charge in [-0.25, -0.2) is 0 Å². The minimum absolute atomic E-state index is 0.102. The minimum atomic E-state index is -0.213. The lowest BCUT2D eigenvalue weighted by molar-refractivity contribution is -0.155. The summed E-state index contributed by atoms with van der Waals surface area (Å²) in [5.41, 5.74) is 2.51. The maximum Gasteiger partial charge on any atom is 0.302 e. The predicted molar refractivity (Wildman–Crippen MR) is 79.0 cm³/mol. The van der Waals surface area contributed by atoms with Gasteiger partial charge < -0.3 is 9.47 Å². The van der Waals surface area contributed by atoms with E-state index in [0.29, 0.717) is 31.0 Å². The third-order valence-electron chi connectivity index (χ3n) is 5.13. The summed E-state index contributed by atoms with van der Waals surface area (Å²) < 4.78 is 11.5. The van der Waals surface area contributed by atoms with Crippen LogP contribution in [0.4, 0.5) is 0 Å². The van der Waals surface area contributed by atoms with Gasteiger partial charge in [0.15, 0.2) is 0 Å². The van der Waals surface area contributed by atoms with Gasteiger partial charge >= 0.3 is 5.97 Å². The van der Waals surface area contributed by atoms with Crippen molar-refractivity contribution in [1.29, 1.82) is 0 Å². The SMILES string of the molecule is CC(=O)OC[C@]12COC(=C(C)C)[C@@H](C(C)=C[C@H]1C)[C@H]2C. The van der Waals surface area contributed by atoms with E-state index in [0.717, 1.165) is 5.76 Å². The molecule has 2 bridgehead atoms. The fraction of sp³-hybridized carbons (Fsp3) is 0.706. The Hall–Kier alpha value is -1.25. The molecule has 3 heteroatoms. The van der Waals surface area contributed by atoms with Crippen LogP contribution in [-0.4, -0.2) is 19.2 Å². The molecule has 0 saturated carbocycles. The van der Waals surface area contributed by atoms with Crippen molar-refractivity contribution in [2.45, 2.75) is 41.5 Å². The van der Waals surface area contributed by atoms with Crippen LogP contribution in [0.25, 0.3) is 0 Å². The van der Waals surface area contributed by atoms with Crippen molar-refractivity contribution in [3.05, 3.63) is 23.0 Å². The number of fused-ring (bicyclic) bond motifs is 2. The lowest BCUT2D eigenvalue weighted by Gasteiger charge is -2.53. The van der Waals surface area contributed by atoms with Gasteiger partial charge in [0.2, 0.25) is 0 Å². The summed E-state index contributed by atoms with van der Waals surface area (Å²) in [4.78, 5) is 11.2. The maximum atomic E-state index is 11.2. The van der Waals surface area contributed by atoms with Crippen molar-refractivity contribution in [2.75, 3.05) is 13.2 Å². The number of allylic oxidation sites excluding steroid dienone is 3. The van der Waals surface area contributed by atoms with Crippen molar-refractivity contribution in [3.8, 4) is 0 Å². The highest BCUT2D eigenvalue weighted by Crippen LogP contribution is 2.54. The number of carbonyl (C=O) groups is 1. The first-order valence-corrected chi connectivity index (χ1v) is 7.41. The molecule has 0 unspecified atom stereocenters. The average molecular weight is 278 g/mol. The molecule has 20 heavy (non-hydrogen) atoms. The van der Waals surface area contributed by atoms with Crippen LogP contribution in [0.2, 0.25) is 0 Å². The number of hydrogen-bond donors (Lipinski definition) is 0. The van der Waals surface area contributed by atoms with Crippen LogP contribution in [0.15, 0.2) is 23.0 Å². The van der Waals surface area contributed by atoms with Gasteiger partial charge in [-0.1, -0.05) is 25.5 Å². The van der Waals surface area contributed by atoms with E-state index in [-0.39, 0.29) is 11.4 Å². The highest BCUT2D eigenvalue weighted by atomic mass is 16.5. The lowest BCUT2D eigenvalue weighted by atomic mass is 9.57. The summed E-state index contributed by atoms with van der Waals surface area (Å²) in [7, 11) is 0. The smallest absolute Gasteiger partial charge is 0.302 e. The molecule has 1 aliphatic carbocycles. The number of hydrogen-bond acceptors (Lipinski definition) is 3. The van der Waals surface area contributed by atoms with E-state index in [1.165, 1.54) is 18.1 Å². The Morgan fingerprint density at radius 1 is 1.40 bits per heavy atom. The first-order valence-electron chi connectivity index (χ1n) is 7.41. The van der Waals surface area contributed by atoms with E-state index >= 15 is 0 Å². The van der Waals surface area contributed by atoms with Gasteiger partial charge in [0.1, 0.15) is 12.4 Å². The fourth-order valence-corrected chi connectivity index (χ4v) is 3.80. The zero-order valence-electron chi connectivity index (χ0n) is 13.4. The minimum Gasteiger partial charge on any atom is -0.497 e. The topological polar surface area (TPSA) is 35.5 Å². The molecule has 1 heterocycles. The molecule has 0 radical (unpaired) electrons. The first-order chi connectivity index (χ1) is 9.29. The number of rotatable bonds is 2. The highest BCUT2D eigenvalue weighted by molar-refractivity contribution is 5.66. The summed E-state index contributed by atoms with van der Waals surface area (Å²) in [5, 5.41) is 0. The molecule has 0 aromatic rings. The molecule has 112 valence electrons. The van der Waals surface area contributed by atoms with E-state index in [4.69, 9.17) is 9.47 Å². The van der Waals surface area contributed by atoms with Crippen molar-refractivity contribution in [2.24, 2.45) is 23.2 Å². The second-order valence-electron chi connectivity index (χ2n) is 6.63. The summed E-state index contributed by atoms with van der Waals surface area (Å²) >= 11 is 0. The van der Waals surface area contributed by atoms with E-state index in [2.05, 4.69) is 40.7 Å². The van der Waals surface area contributed by atoms with Crippen molar-refractivity contribution < 1.29 is 14.3 Å². The lowest BCUT2D eigenvalue weighted by Crippen LogP contribution is -2.53. The predicted octanol–water partition coefficient (Wildman–Crippen LogP) is 3.71. The summed E-state index contributed by atoms with van der Waals surface area (Å²) in [6, 6.07) is 0. The van der Waals surface area contributed by atoms with Crippen LogP contribution in [0.5, 0.6) is 0 Å². The van der Waals surface area contributed by atoms with Crippen LogP contribution < -0.4 is 0 Å². The number of esters is 1. The van der Waals surface area contributed by atoms with Gasteiger partial charge in [0.05, 0.1) is 6.61 Å². The molecule has 0 amide bonds. The Bertz CT molecular complexity index is 471. The monoisotopic (exact) mass is 278 g/mol. The van der Waals surface area contributed by atoms with Gasteiger partial charge in [-0.2, -0.15) is 0 Å². The van der Waals surface area contributed by atoms with Crippen molar-refractivity contribution in [3.63, 3.8) is 0 Å². The molecular formula is C17H26O3. The van der Waals surface area contributed by atoms with E-state index in [9.17, 15) is 4.79 Å². The van der Waals surface area contributed by atoms with E-state index in [1.807, 2.05) is 0 Å². The van der Waals surface area contributed by atoms with E-state index < -0.39 is 0 Å². The molecular weight excluding hydrogens is 252 g/mol. The van der Waals surface area contributed by atoms with Crippen LogP contribution in [0.3, 0.4) is 0 Å². The number of carbonyl (C=O) groups excluding carboxylic acids is 1. The molecule has 0 aromatic carbocycles. The highest BCUT2D eigenvalue weighted by Gasteiger charge is 2.53. The molecule has 0 spiro atoms. The molecule has 1 saturated heterocycles. The summed E-state index contributed by atoms with van der Waals surface area (Å²) in [5.74, 6) is 1.99. The second kappa shape index (κ2) is 5.27. The van der Waals surface area contributed by atoms with Crippen LogP contribution in [-0.2, 0) is 14.3 Å². The van der Waals surface area contributed by atoms with Gasteiger partial charge in [0.25, 0.3) is 0 Å². The van der Waals surface area contributed by atoms with Gasteiger partial charge in [-0.3, -0.25) is 4.79 Å². The Kier molecular flexibility index (Phi) is 3.99. The third-order valence-corrected chi connectivity index (χ3v) is 5.13. The zero-order valence-corrected chi connectivity index (χ0v) is 13.4. The van der Waals surface area contributed by atoms with Crippen LogP contribution >= 0.6 is 0 Å². The Balaban J connectivity index is 2.41. The molecule has 3 nitrogen and oxygen atoms in total. The average Bonchev–Trinajstić information content (AvgIpc) is 2.34. The molecule has 0 N–H and O–H groups in total. The normalized spacial score (nSPS) is 36.0. The van der Waals surface area contributed by atoms with Crippen LogP contribution in [0.1, 0.15) is 41.5 Å². The Morgan fingerprint density at radius 2 is 2.05 bits per heavy atom. The fourth-order valence-electron chi connectivity index (χ4n) is 3.80. The van der Waals surface area contributed by atoms with Crippen LogP contribution in [0, 0.1) is 23.2 Å². The van der Waals surface area contributed by atoms with Gasteiger partial charge in [0, 0.05) is 18.3 Å². The maximum absolute atomic E-state index is 11.2. The molecule has 2 rings (SSSR count). The largest absolute Gasteiger partial charge is 0.497 e. The molecule has 4 atom stereocenters. The zero-order chi connectivity index (χ0) is 15.1. The Morgan fingerprint density at radius 3 is 2.60 bits per heavy atom. The quantitative estimate of drug-likeness (QED) is 0.570. The molecule has 0 aromatic heterocycles. The van der Waals surface area contributed by atoms with Gasteiger partial charge in [-0.15, -0.1) is 0 Å². The summed E-state index contributed by atoms with van der Waals surface area (Å²) in [6.07, 6.45) is 2.33. The molecule has 2 aliphatic rings. The first kappa shape index (κ1) is 15.1. The third kappa shape index (κ3) is 2.27. The molecule has 1 aliphatic heterocycles. The van der Waals surface area contributed by atoms with Gasteiger partial charge in [-0.05, 0) is 38.2 Å². The van der Waals surface area contributed by atoms with Crippen molar-refractivity contribution in [1.82, 2.24) is 0 Å². The standard InChI is InChI=1S/C17H26O3/c1-10(2)16-15-11(3)7-12(4)17(9-20-16,13(15)5)8-19-14(6)18/h7,12-13,15H,8-9H2,1-6H3/t12-,13-,15+,17+/m1/s1. The Labute approximate surface area is 122 Å². The molecule has 1 fully saturated rings. The van der Waals surface area contributed by atoms with Crippen molar-refractivity contribution >= 4 is 5.97 Å². The summed E-state index contributed by atoms with van der Waals surface area (Å²) in [6.45, 7) is 13.4. The van der Waals surface area contributed by atoms with E-state index in [1.54, 1.807) is 0 Å².